The molecule has 0 spiro atoms. The average molecular weight is 259 g/mol. The van der Waals surface area contributed by atoms with E-state index in [0.29, 0.717) is 11.1 Å². The maximum Gasteiger partial charge on any atom is 0.338 e. The van der Waals surface area contributed by atoms with Crippen LogP contribution in [0.5, 0.6) is 0 Å². The fourth-order valence-electron chi connectivity index (χ4n) is 1.85. The van der Waals surface area contributed by atoms with Crippen molar-refractivity contribution in [2.45, 2.75) is 52.1 Å². The van der Waals surface area contributed by atoms with Gasteiger partial charge in [-0.1, -0.05) is 26.2 Å². The van der Waals surface area contributed by atoms with Gasteiger partial charge < -0.3 is 4.74 Å². The highest BCUT2D eigenvalue weighted by atomic mass is 16.5. The first-order chi connectivity index (χ1) is 9.17. The number of hydrogen-bond acceptors (Lipinski definition) is 3. The molecular formula is C16H21NO2. The summed E-state index contributed by atoms with van der Waals surface area (Å²) < 4.78 is 5.37. The first kappa shape index (κ1) is 15.2. The van der Waals surface area contributed by atoms with Gasteiger partial charge in [0.25, 0.3) is 0 Å². The molecule has 1 aromatic rings. The van der Waals surface area contributed by atoms with Crippen LogP contribution in [0.3, 0.4) is 0 Å². The zero-order valence-corrected chi connectivity index (χ0v) is 11.7. The molecule has 0 fully saturated rings. The average Bonchev–Trinajstić information content (AvgIpc) is 2.43. The molecule has 0 radical (unpaired) electrons. The van der Waals surface area contributed by atoms with Gasteiger partial charge in [0.2, 0.25) is 0 Å². The molecule has 0 amide bonds. The summed E-state index contributed by atoms with van der Waals surface area (Å²) >= 11 is 0. The highest BCUT2D eigenvalue weighted by Gasteiger charge is 2.11. The largest absolute Gasteiger partial charge is 0.459 e. The van der Waals surface area contributed by atoms with E-state index in [4.69, 9.17) is 10.00 Å². The number of nitrogens with zero attached hydrogens (tertiary/aromatic N) is 1. The van der Waals surface area contributed by atoms with Gasteiger partial charge in [-0.2, -0.15) is 5.26 Å². The molecule has 0 aliphatic rings. The lowest BCUT2D eigenvalue weighted by molar-refractivity contribution is 0.0319. The Morgan fingerprint density at radius 1 is 1.26 bits per heavy atom. The summed E-state index contributed by atoms with van der Waals surface area (Å²) in [5, 5.41) is 8.69. The Bertz CT molecular complexity index is 431. The van der Waals surface area contributed by atoms with Crippen molar-refractivity contribution in [1.82, 2.24) is 0 Å². The number of hydrogen-bond donors (Lipinski definition) is 0. The molecule has 0 N–H and O–H groups in total. The normalized spacial score (nSPS) is 11.6. The Morgan fingerprint density at radius 3 is 2.53 bits per heavy atom. The van der Waals surface area contributed by atoms with Crippen molar-refractivity contribution in [3.8, 4) is 6.07 Å². The minimum Gasteiger partial charge on any atom is -0.459 e. The number of benzene rings is 1. The van der Waals surface area contributed by atoms with Crippen LogP contribution in [-0.4, -0.2) is 12.1 Å². The van der Waals surface area contributed by atoms with Gasteiger partial charge in [0.1, 0.15) is 0 Å². The van der Waals surface area contributed by atoms with E-state index in [1.807, 2.05) is 13.0 Å². The minimum absolute atomic E-state index is 0.0556. The van der Waals surface area contributed by atoms with Crippen molar-refractivity contribution >= 4 is 5.97 Å². The summed E-state index contributed by atoms with van der Waals surface area (Å²) in [6.07, 6.45) is 5.57. The molecule has 3 nitrogen and oxygen atoms in total. The zero-order chi connectivity index (χ0) is 14.1. The third kappa shape index (κ3) is 5.56. The highest BCUT2D eigenvalue weighted by molar-refractivity contribution is 5.89. The number of ether oxygens (including phenoxy) is 1. The number of carbonyl (C=O) groups excluding carboxylic acids is 1. The van der Waals surface area contributed by atoms with Gasteiger partial charge >= 0.3 is 5.97 Å². The van der Waals surface area contributed by atoms with Crippen LogP contribution in [0.2, 0.25) is 0 Å². The molecule has 0 bridgehead atoms. The summed E-state index contributed by atoms with van der Waals surface area (Å²) in [5.74, 6) is -0.313. The standard InChI is InChI=1S/C16H21NO2/c1-3-4-5-6-7-13(2)19-16(18)15-10-8-14(12-17)9-11-15/h8-11,13H,3-7H2,1-2H3/t13-/m0/s1. The molecule has 0 aliphatic heterocycles. The van der Waals surface area contributed by atoms with E-state index in [1.54, 1.807) is 24.3 Å². The second-order valence-corrected chi connectivity index (χ2v) is 4.75. The SMILES string of the molecule is CCCCCC[C@H](C)OC(=O)c1ccc(C#N)cc1. The van der Waals surface area contributed by atoms with E-state index in [0.717, 1.165) is 12.8 Å². The summed E-state index contributed by atoms with van der Waals surface area (Å²) in [5.41, 5.74) is 1.04. The number of rotatable bonds is 7. The van der Waals surface area contributed by atoms with E-state index >= 15 is 0 Å². The quantitative estimate of drug-likeness (QED) is 0.547. The van der Waals surface area contributed by atoms with Crippen LogP contribution in [0.4, 0.5) is 0 Å². The fourth-order valence-corrected chi connectivity index (χ4v) is 1.85. The second kappa shape index (κ2) is 8.31. The maximum atomic E-state index is 11.8. The van der Waals surface area contributed by atoms with Crippen LogP contribution in [0.15, 0.2) is 24.3 Å². The molecule has 3 heteroatoms. The van der Waals surface area contributed by atoms with Gasteiger partial charge in [-0.05, 0) is 44.0 Å². The number of carbonyl (C=O) groups is 1. The van der Waals surface area contributed by atoms with Crippen LogP contribution in [0.1, 0.15) is 61.9 Å². The maximum absolute atomic E-state index is 11.8. The molecule has 0 saturated carbocycles. The molecule has 0 aliphatic carbocycles. The van der Waals surface area contributed by atoms with Crippen molar-refractivity contribution in [2.24, 2.45) is 0 Å². The molecule has 1 atom stereocenters. The summed E-state index contributed by atoms with van der Waals surface area (Å²) in [6, 6.07) is 8.54. The molecule has 0 aromatic heterocycles. The van der Waals surface area contributed by atoms with Crippen molar-refractivity contribution < 1.29 is 9.53 Å². The molecular weight excluding hydrogens is 238 g/mol. The van der Waals surface area contributed by atoms with Crippen molar-refractivity contribution in [3.05, 3.63) is 35.4 Å². The van der Waals surface area contributed by atoms with Crippen LogP contribution >= 0.6 is 0 Å². The van der Waals surface area contributed by atoms with Gasteiger partial charge in [-0.15, -0.1) is 0 Å². The number of nitriles is 1. The van der Waals surface area contributed by atoms with Crippen LogP contribution in [0, 0.1) is 11.3 Å². The summed E-state index contributed by atoms with van der Waals surface area (Å²) in [7, 11) is 0. The summed E-state index contributed by atoms with van der Waals surface area (Å²) in [4.78, 5) is 11.8. The first-order valence-corrected chi connectivity index (χ1v) is 6.88. The third-order valence-electron chi connectivity index (χ3n) is 3.02. The fraction of sp³-hybridized carbons (Fsp3) is 0.500. The van der Waals surface area contributed by atoms with E-state index in [-0.39, 0.29) is 12.1 Å². The van der Waals surface area contributed by atoms with Gasteiger partial charge in [-0.25, -0.2) is 4.79 Å². The van der Waals surface area contributed by atoms with Crippen LogP contribution in [0.25, 0.3) is 0 Å². The molecule has 0 unspecified atom stereocenters. The van der Waals surface area contributed by atoms with Crippen LogP contribution < -0.4 is 0 Å². The Balaban J connectivity index is 2.39. The smallest absolute Gasteiger partial charge is 0.338 e. The number of esters is 1. The van der Waals surface area contributed by atoms with Crippen molar-refractivity contribution in [3.63, 3.8) is 0 Å². The molecule has 0 heterocycles. The molecule has 19 heavy (non-hydrogen) atoms. The first-order valence-electron chi connectivity index (χ1n) is 6.88. The van der Waals surface area contributed by atoms with Gasteiger partial charge in [-0.3, -0.25) is 0 Å². The minimum atomic E-state index is -0.313. The van der Waals surface area contributed by atoms with Crippen molar-refractivity contribution in [2.75, 3.05) is 0 Å². The Kier molecular flexibility index (Phi) is 6.67. The Morgan fingerprint density at radius 2 is 1.95 bits per heavy atom. The van der Waals surface area contributed by atoms with Crippen molar-refractivity contribution in [1.29, 1.82) is 5.26 Å². The number of unbranched alkanes of at least 4 members (excludes halogenated alkanes) is 3. The predicted molar refractivity (Wildman–Crippen MR) is 74.8 cm³/mol. The second-order valence-electron chi connectivity index (χ2n) is 4.75. The third-order valence-corrected chi connectivity index (χ3v) is 3.02. The lowest BCUT2D eigenvalue weighted by Gasteiger charge is -2.13. The molecule has 0 saturated heterocycles. The van der Waals surface area contributed by atoms with E-state index in [9.17, 15) is 4.79 Å². The Hall–Kier alpha value is -1.82. The Labute approximate surface area is 115 Å². The topological polar surface area (TPSA) is 50.1 Å². The van der Waals surface area contributed by atoms with E-state index in [1.165, 1.54) is 19.3 Å². The van der Waals surface area contributed by atoms with Crippen LogP contribution in [-0.2, 0) is 4.74 Å². The molecule has 102 valence electrons. The monoisotopic (exact) mass is 259 g/mol. The lowest BCUT2D eigenvalue weighted by atomic mass is 10.1. The van der Waals surface area contributed by atoms with Gasteiger partial charge in [0, 0.05) is 0 Å². The highest BCUT2D eigenvalue weighted by Crippen LogP contribution is 2.11. The predicted octanol–water partition coefficient (Wildman–Crippen LogP) is 4.07. The van der Waals surface area contributed by atoms with E-state index in [2.05, 4.69) is 6.92 Å². The van der Waals surface area contributed by atoms with Gasteiger partial charge in [0.05, 0.1) is 23.3 Å². The van der Waals surface area contributed by atoms with Gasteiger partial charge in [0.15, 0.2) is 0 Å². The lowest BCUT2D eigenvalue weighted by Crippen LogP contribution is -2.15. The molecule has 1 rings (SSSR count). The zero-order valence-electron chi connectivity index (χ0n) is 11.7. The summed E-state index contributed by atoms with van der Waals surface area (Å²) in [6.45, 7) is 4.10. The van der Waals surface area contributed by atoms with E-state index < -0.39 is 0 Å². The molecule has 1 aromatic carbocycles.